The first kappa shape index (κ1) is 16.0. The van der Waals surface area contributed by atoms with Crippen molar-refractivity contribution >= 4 is 26.0 Å². The molecule has 2 aromatic rings. The fourth-order valence-electron chi connectivity index (χ4n) is 1.71. The summed E-state index contributed by atoms with van der Waals surface area (Å²) in [6.45, 7) is 0.0255. The molecule has 0 bridgehead atoms. The zero-order valence-electron chi connectivity index (χ0n) is 10.7. The van der Waals surface area contributed by atoms with Gasteiger partial charge in [-0.3, -0.25) is 4.98 Å². The smallest absolute Gasteiger partial charge is 0.242 e. The Morgan fingerprint density at radius 3 is 2.38 bits per heavy atom. The van der Waals surface area contributed by atoms with Gasteiger partial charge in [-0.2, -0.15) is 0 Å². The highest BCUT2D eigenvalue weighted by Crippen LogP contribution is 2.14. The number of hydrogen-bond donors (Lipinski definition) is 1. The molecular formula is C13H11BrF2N2O2S. The molecule has 0 fully saturated rings. The quantitative estimate of drug-likeness (QED) is 0.872. The van der Waals surface area contributed by atoms with Crippen LogP contribution in [0.25, 0.3) is 0 Å². The summed E-state index contributed by atoms with van der Waals surface area (Å²) in [5.74, 6) is -1.38. The molecule has 112 valence electrons. The molecule has 0 radical (unpaired) electrons. The molecule has 1 N–H and O–H groups in total. The highest BCUT2D eigenvalue weighted by atomic mass is 79.9. The van der Waals surface area contributed by atoms with E-state index in [1.807, 2.05) is 0 Å². The van der Waals surface area contributed by atoms with Crippen LogP contribution < -0.4 is 4.72 Å². The average molecular weight is 377 g/mol. The molecule has 4 nitrogen and oxygen atoms in total. The Hall–Kier alpha value is -1.38. The summed E-state index contributed by atoms with van der Waals surface area (Å²) >= 11 is 3.14. The van der Waals surface area contributed by atoms with Gasteiger partial charge >= 0.3 is 0 Å². The molecule has 0 aliphatic rings. The maximum absolute atomic E-state index is 13.0. The minimum absolute atomic E-state index is 0.0160. The third kappa shape index (κ3) is 4.55. The van der Waals surface area contributed by atoms with Gasteiger partial charge in [0.15, 0.2) is 0 Å². The monoisotopic (exact) mass is 376 g/mol. The summed E-state index contributed by atoms with van der Waals surface area (Å²) in [5.41, 5.74) is 0.377. The number of nitrogens with one attached hydrogen (secondary N) is 1. The minimum atomic E-state index is -3.70. The Bertz CT molecular complexity index is 733. The second-order valence-electron chi connectivity index (χ2n) is 4.26. The van der Waals surface area contributed by atoms with Gasteiger partial charge < -0.3 is 0 Å². The van der Waals surface area contributed by atoms with Gasteiger partial charge in [0.2, 0.25) is 10.0 Å². The molecule has 21 heavy (non-hydrogen) atoms. The molecule has 0 saturated carbocycles. The normalized spacial score (nSPS) is 11.6. The van der Waals surface area contributed by atoms with E-state index in [1.165, 1.54) is 18.5 Å². The van der Waals surface area contributed by atoms with E-state index in [1.54, 1.807) is 0 Å². The van der Waals surface area contributed by atoms with Crippen LogP contribution in [-0.4, -0.2) is 19.9 Å². The molecule has 1 heterocycles. The lowest BCUT2D eigenvalue weighted by molar-refractivity contribution is 0.576. The Labute approximate surface area is 129 Å². The number of nitrogens with zero attached hydrogens (tertiary/aromatic N) is 1. The van der Waals surface area contributed by atoms with Crippen LogP contribution in [0, 0.1) is 11.6 Å². The molecule has 0 unspecified atom stereocenters. The molecule has 0 aliphatic heterocycles. The van der Waals surface area contributed by atoms with Crippen LogP contribution in [-0.2, 0) is 16.4 Å². The molecule has 0 aliphatic carbocycles. The minimum Gasteiger partial charge on any atom is -0.262 e. The summed E-state index contributed by atoms with van der Waals surface area (Å²) in [4.78, 5) is 3.79. The largest absolute Gasteiger partial charge is 0.262 e. The Balaban J connectivity index is 2.02. The van der Waals surface area contributed by atoms with E-state index < -0.39 is 21.7 Å². The van der Waals surface area contributed by atoms with Gasteiger partial charge in [-0.1, -0.05) is 0 Å². The van der Waals surface area contributed by atoms with Crippen molar-refractivity contribution in [2.24, 2.45) is 0 Å². The molecule has 1 aromatic heterocycles. The third-order valence-electron chi connectivity index (χ3n) is 2.62. The topological polar surface area (TPSA) is 59.1 Å². The predicted octanol–water partition coefficient (Wildman–Crippen LogP) is 2.64. The lowest BCUT2D eigenvalue weighted by Crippen LogP contribution is -2.26. The summed E-state index contributed by atoms with van der Waals surface area (Å²) < 4.78 is 52.9. The molecular weight excluding hydrogens is 366 g/mol. The molecule has 0 spiro atoms. The van der Waals surface area contributed by atoms with E-state index in [4.69, 9.17) is 0 Å². The van der Waals surface area contributed by atoms with Crippen molar-refractivity contribution in [2.45, 2.75) is 11.3 Å². The third-order valence-corrected chi connectivity index (χ3v) is 4.48. The predicted molar refractivity (Wildman–Crippen MR) is 77.2 cm³/mol. The van der Waals surface area contributed by atoms with E-state index in [-0.39, 0.29) is 17.9 Å². The Morgan fingerprint density at radius 1 is 1.10 bits per heavy atom. The second kappa shape index (κ2) is 6.59. The number of halogens is 3. The van der Waals surface area contributed by atoms with Crippen molar-refractivity contribution in [1.29, 1.82) is 0 Å². The van der Waals surface area contributed by atoms with Crippen LogP contribution >= 0.6 is 15.9 Å². The summed E-state index contributed by atoms with van der Waals surface area (Å²) in [6, 6.07) is 4.51. The van der Waals surface area contributed by atoms with Gasteiger partial charge in [-0.25, -0.2) is 21.9 Å². The SMILES string of the molecule is O=S(=O)(NCCc1cc(F)cc(F)c1)c1cncc(Br)c1. The van der Waals surface area contributed by atoms with Crippen molar-refractivity contribution in [2.75, 3.05) is 6.54 Å². The van der Waals surface area contributed by atoms with Gasteiger partial charge in [-0.15, -0.1) is 0 Å². The van der Waals surface area contributed by atoms with E-state index in [0.29, 0.717) is 10.0 Å². The molecule has 0 saturated heterocycles. The zero-order valence-corrected chi connectivity index (χ0v) is 13.1. The Kier molecular flexibility index (Phi) is 5.02. The standard InChI is InChI=1S/C13H11BrF2N2O2S/c14-10-5-13(8-17-7-10)21(19,20)18-2-1-9-3-11(15)6-12(16)4-9/h3-8,18H,1-2H2. The molecule has 1 aromatic carbocycles. The summed E-state index contributed by atoms with van der Waals surface area (Å²) in [5, 5.41) is 0. The van der Waals surface area contributed by atoms with Crippen LogP contribution in [0.2, 0.25) is 0 Å². The maximum Gasteiger partial charge on any atom is 0.242 e. The number of benzene rings is 1. The van der Waals surface area contributed by atoms with Crippen molar-refractivity contribution in [3.8, 4) is 0 Å². The summed E-state index contributed by atoms with van der Waals surface area (Å²) in [6.07, 6.45) is 2.86. The van der Waals surface area contributed by atoms with E-state index in [2.05, 4.69) is 25.6 Å². The second-order valence-corrected chi connectivity index (χ2v) is 6.95. The first-order chi connectivity index (χ1) is 9.87. The number of sulfonamides is 1. The number of aromatic nitrogens is 1. The van der Waals surface area contributed by atoms with Crippen LogP contribution in [0.1, 0.15) is 5.56 Å². The van der Waals surface area contributed by atoms with Gasteiger partial charge in [-0.05, 0) is 46.1 Å². The van der Waals surface area contributed by atoms with E-state index in [0.717, 1.165) is 18.2 Å². The molecule has 2 rings (SSSR count). The van der Waals surface area contributed by atoms with Crippen molar-refractivity contribution in [1.82, 2.24) is 9.71 Å². The number of rotatable bonds is 5. The van der Waals surface area contributed by atoms with Crippen LogP contribution in [0.4, 0.5) is 8.78 Å². The fourth-order valence-corrected chi connectivity index (χ4v) is 3.24. The van der Waals surface area contributed by atoms with Crippen molar-refractivity contribution in [3.63, 3.8) is 0 Å². The van der Waals surface area contributed by atoms with Crippen LogP contribution in [0.15, 0.2) is 46.0 Å². The lowest BCUT2D eigenvalue weighted by Gasteiger charge is -2.07. The molecule has 0 amide bonds. The highest BCUT2D eigenvalue weighted by Gasteiger charge is 2.14. The first-order valence-corrected chi connectivity index (χ1v) is 8.19. The van der Waals surface area contributed by atoms with E-state index in [9.17, 15) is 17.2 Å². The first-order valence-electron chi connectivity index (χ1n) is 5.92. The zero-order chi connectivity index (χ0) is 15.5. The highest BCUT2D eigenvalue weighted by molar-refractivity contribution is 9.10. The van der Waals surface area contributed by atoms with E-state index >= 15 is 0 Å². The van der Waals surface area contributed by atoms with Gasteiger partial charge in [0.1, 0.15) is 16.5 Å². The number of pyridine rings is 1. The number of hydrogen-bond acceptors (Lipinski definition) is 3. The van der Waals surface area contributed by atoms with Crippen LogP contribution in [0.3, 0.4) is 0 Å². The van der Waals surface area contributed by atoms with Gasteiger partial charge in [0.05, 0.1) is 0 Å². The summed E-state index contributed by atoms with van der Waals surface area (Å²) in [7, 11) is -3.70. The van der Waals surface area contributed by atoms with Gasteiger partial charge in [0, 0.05) is 29.5 Å². The molecule has 0 atom stereocenters. The average Bonchev–Trinajstić information content (AvgIpc) is 2.37. The van der Waals surface area contributed by atoms with Crippen LogP contribution in [0.5, 0.6) is 0 Å². The van der Waals surface area contributed by atoms with Crippen molar-refractivity contribution in [3.05, 3.63) is 58.3 Å². The maximum atomic E-state index is 13.0. The lowest BCUT2D eigenvalue weighted by atomic mass is 10.1. The Morgan fingerprint density at radius 2 is 1.76 bits per heavy atom. The molecule has 8 heteroatoms. The van der Waals surface area contributed by atoms with Gasteiger partial charge in [0.25, 0.3) is 0 Å². The fraction of sp³-hybridized carbons (Fsp3) is 0.154. The van der Waals surface area contributed by atoms with Crippen molar-refractivity contribution < 1.29 is 17.2 Å².